The number of nitrogens with two attached hydrogens (primary N) is 1. The molecule has 0 fully saturated rings. The average Bonchev–Trinajstić information content (AvgIpc) is 2.53. The van der Waals surface area contributed by atoms with Gasteiger partial charge in [0.1, 0.15) is 11.5 Å². The SMILES string of the molecule is Nc1ncccc1C(=O)C(=N/O)/C(=N/O)c1ccccc1. The molecule has 2 aromatic rings. The minimum atomic E-state index is -0.695. The smallest absolute Gasteiger partial charge is 0.220 e. The lowest BCUT2D eigenvalue weighted by molar-refractivity contribution is 0.106. The normalized spacial score (nSPS) is 12.2. The Balaban J connectivity index is 2.45. The zero-order chi connectivity index (χ0) is 15.2. The van der Waals surface area contributed by atoms with Crippen molar-refractivity contribution in [3.8, 4) is 0 Å². The van der Waals surface area contributed by atoms with Crippen molar-refractivity contribution < 1.29 is 15.2 Å². The van der Waals surface area contributed by atoms with Gasteiger partial charge in [-0.15, -0.1) is 0 Å². The Kier molecular flexibility index (Phi) is 4.25. The van der Waals surface area contributed by atoms with Crippen molar-refractivity contribution in [1.29, 1.82) is 0 Å². The highest BCUT2D eigenvalue weighted by Gasteiger charge is 2.24. The van der Waals surface area contributed by atoms with Crippen molar-refractivity contribution >= 4 is 23.0 Å². The number of aromatic nitrogens is 1. The molecule has 7 heteroatoms. The molecule has 21 heavy (non-hydrogen) atoms. The van der Waals surface area contributed by atoms with Crippen LogP contribution < -0.4 is 5.73 Å². The number of carbonyl (C=O) groups excluding carboxylic acids is 1. The number of nitrogen functional groups attached to an aromatic ring is 1. The zero-order valence-electron chi connectivity index (χ0n) is 10.8. The minimum Gasteiger partial charge on any atom is -0.410 e. The molecule has 106 valence electrons. The standard InChI is InChI=1S/C14H12N4O3/c15-14-10(7-4-8-16-14)13(19)12(18-21)11(17-20)9-5-2-1-3-6-9/h1-8,20-21H,(H2,15,16)/b17-11+,18-12+. The molecule has 0 saturated carbocycles. The zero-order valence-corrected chi connectivity index (χ0v) is 10.8. The van der Waals surface area contributed by atoms with E-state index in [1.54, 1.807) is 30.3 Å². The maximum Gasteiger partial charge on any atom is 0.220 e. The van der Waals surface area contributed by atoms with Crippen LogP contribution in [-0.2, 0) is 0 Å². The van der Waals surface area contributed by atoms with Crippen molar-refractivity contribution in [2.24, 2.45) is 10.3 Å². The summed E-state index contributed by atoms with van der Waals surface area (Å²) < 4.78 is 0. The second-order valence-electron chi connectivity index (χ2n) is 4.03. The summed E-state index contributed by atoms with van der Waals surface area (Å²) in [4.78, 5) is 16.2. The van der Waals surface area contributed by atoms with Crippen LogP contribution in [0.5, 0.6) is 0 Å². The highest BCUT2D eigenvalue weighted by Crippen LogP contribution is 2.12. The maximum absolute atomic E-state index is 12.4. The summed E-state index contributed by atoms with van der Waals surface area (Å²) in [6.07, 6.45) is 1.43. The average molecular weight is 284 g/mol. The molecule has 1 aromatic heterocycles. The van der Waals surface area contributed by atoms with E-state index >= 15 is 0 Å². The van der Waals surface area contributed by atoms with E-state index in [1.807, 2.05) is 0 Å². The highest BCUT2D eigenvalue weighted by molar-refractivity contribution is 6.73. The number of anilines is 1. The predicted molar refractivity (Wildman–Crippen MR) is 77.0 cm³/mol. The van der Waals surface area contributed by atoms with Crippen molar-refractivity contribution in [3.05, 3.63) is 59.8 Å². The van der Waals surface area contributed by atoms with Crippen LogP contribution in [0.4, 0.5) is 5.82 Å². The molecule has 4 N–H and O–H groups in total. The fourth-order valence-corrected chi connectivity index (χ4v) is 1.78. The van der Waals surface area contributed by atoms with Crippen molar-refractivity contribution in [3.63, 3.8) is 0 Å². The lowest BCUT2D eigenvalue weighted by atomic mass is 9.99. The molecule has 1 heterocycles. The van der Waals surface area contributed by atoms with E-state index in [1.165, 1.54) is 18.3 Å². The van der Waals surface area contributed by atoms with Crippen LogP contribution in [0.25, 0.3) is 0 Å². The summed E-state index contributed by atoms with van der Waals surface area (Å²) in [6, 6.07) is 11.3. The quantitative estimate of drug-likeness (QED) is 0.340. The number of hydrogen-bond donors (Lipinski definition) is 3. The van der Waals surface area contributed by atoms with Crippen LogP contribution >= 0.6 is 0 Å². The van der Waals surface area contributed by atoms with E-state index in [9.17, 15) is 4.79 Å². The van der Waals surface area contributed by atoms with Gasteiger partial charge < -0.3 is 16.1 Å². The summed E-state index contributed by atoms with van der Waals surface area (Å²) in [5.74, 6) is -0.700. The number of nitrogens with zero attached hydrogens (tertiary/aromatic N) is 3. The van der Waals surface area contributed by atoms with E-state index in [0.29, 0.717) is 5.56 Å². The summed E-state index contributed by atoms with van der Waals surface area (Å²) in [6.45, 7) is 0. The molecule has 1 aromatic carbocycles. The van der Waals surface area contributed by atoms with Gasteiger partial charge >= 0.3 is 0 Å². The summed E-state index contributed by atoms with van der Waals surface area (Å²) in [7, 11) is 0. The number of carbonyl (C=O) groups is 1. The third-order valence-electron chi connectivity index (χ3n) is 2.77. The molecule has 0 unspecified atom stereocenters. The van der Waals surface area contributed by atoms with Crippen LogP contribution in [0.2, 0.25) is 0 Å². The third-order valence-corrected chi connectivity index (χ3v) is 2.77. The summed E-state index contributed by atoms with van der Waals surface area (Å²) in [5, 5.41) is 24.3. The van der Waals surface area contributed by atoms with Gasteiger partial charge in [0.15, 0.2) is 5.71 Å². The Labute approximate surface area is 120 Å². The summed E-state index contributed by atoms with van der Waals surface area (Å²) >= 11 is 0. The van der Waals surface area contributed by atoms with E-state index in [4.69, 9.17) is 16.1 Å². The number of oxime groups is 2. The molecule has 0 amide bonds. The van der Waals surface area contributed by atoms with Crippen molar-refractivity contribution in [1.82, 2.24) is 4.98 Å². The lowest BCUT2D eigenvalue weighted by Gasteiger charge is -2.07. The third kappa shape index (κ3) is 2.86. The monoisotopic (exact) mass is 284 g/mol. The second kappa shape index (κ2) is 6.29. The first kappa shape index (κ1) is 14.2. The Morgan fingerprint density at radius 1 is 1.05 bits per heavy atom. The molecule has 0 radical (unpaired) electrons. The van der Waals surface area contributed by atoms with Crippen LogP contribution in [0.1, 0.15) is 15.9 Å². The molecule has 7 nitrogen and oxygen atoms in total. The maximum atomic E-state index is 12.4. The van der Waals surface area contributed by atoms with Crippen LogP contribution in [0.15, 0.2) is 59.0 Å². The minimum absolute atomic E-state index is 0.00555. The van der Waals surface area contributed by atoms with Gasteiger partial charge in [-0.2, -0.15) is 0 Å². The molecule has 0 aliphatic rings. The van der Waals surface area contributed by atoms with Crippen LogP contribution in [0, 0.1) is 0 Å². The Morgan fingerprint density at radius 2 is 1.76 bits per heavy atom. The fourth-order valence-electron chi connectivity index (χ4n) is 1.78. The van der Waals surface area contributed by atoms with Gasteiger partial charge in [-0.05, 0) is 12.1 Å². The molecular weight excluding hydrogens is 272 g/mol. The number of rotatable bonds is 4. The number of Topliss-reactive ketones (excluding diaryl/α,β-unsaturated/α-hetero) is 1. The number of hydrogen-bond acceptors (Lipinski definition) is 7. The number of ketones is 1. The first-order valence-corrected chi connectivity index (χ1v) is 5.94. The van der Waals surface area contributed by atoms with Crippen LogP contribution in [-0.4, -0.2) is 32.6 Å². The molecular formula is C14H12N4O3. The molecule has 0 atom stereocenters. The van der Waals surface area contributed by atoms with Gasteiger partial charge in [-0.1, -0.05) is 40.6 Å². The molecule has 0 saturated heterocycles. The van der Waals surface area contributed by atoms with Gasteiger partial charge in [0, 0.05) is 11.8 Å². The fraction of sp³-hybridized carbons (Fsp3) is 0. The second-order valence-corrected chi connectivity index (χ2v) is 4.03. The van der Waals surface area contributed by atoms with E-state index in [0.717, 1.165) is 0 Å². The van der Waals surface area contributed by atoms with E-state index < -0.39 is 11.5 Å². The number of benzene rings is 1. The number of pyridine rings is 1. The highest BCUT2D eigenvalue weighted by atomic mass is 16.4. The summed E-state index contributed by atoms with van der Waals surface area (Å²) in [5.41, 5.74) is 5.51. The van der Waals surface area contributed by atoms with E-state index in [-0.39, 0.29) is 17.1 Å². The van der Waals surface area contributed by atoms with Crippen LogP contribution in [0.3, 0.4) is 0 Å². The van der Waals surface area contributed by atoms with Gasteiger partial charge in [-0.3, -0.25) is 4.79 Å². The first-order chi connectivity index (χ1) is 10.2. The van der Waals surface area contributed by atoms with Gasteiger partial charge in [0.25, 0.3) is 0 Å². The predicted octanol–water partition coefficient (Wildman–Crippen LogP) is 1.56. The molecule has 2 rings (SSSR count). The van der Waals surface area contributed by atoms with E-state index in [2.05, 4.69) is 15.3 Å². The Morgan fingerprint density at radius 3 is 2.33 bits per heavy atom. The molecule has 0 aliphatic heterocycles. The molecule has 0 aliphatic carbocycles. The van der Waals surface area contributed by atoms with Gasteiger partial charge in [0.05, 0.1) is 5.56 Å². The van der Waals surface area contributed by atoms with Crippen molar-refractivity contribution in [2.45, 2.75) is 0 Å². The Hall–Kier alpha value is -3.22. The van der Waals surface area contributed by atoms with Gasteiger partial charge in [0.2, 0.25) is 5.78 Å². The molecule has 0 bridgehead atoms. The Bertz CT molecular complexity index is 711. The van der Waals surface area contributed by atoms with Gasteiger partial charge in [-0.25, -0.2) is 4.98 Å². The lowest BCUT2D eigenvalue weighted by Crippen LogP contribution is -2.26. The largest absolute Gasteiger partial charge is 0.410 e. The van der Waals surface area contributed by atoms with Crippen molar-refractivity contribution in [2.75, 3.05) is 5.73 Å². The first-order valence-electron chi connectivity index (χ1n) is 5.94. The molecule has 0 spiro atoms. The topological polar surface area (TPSA) is 121 Å².